The first-order chi connectivity index (χ1) is 18.1. The topological polar surface area (TPSA) is 85.9 Å². The SMILES string of the molecule is [2H]SCC1c2cc(C(=O)NCCOCCCC)ccc2-c2ccc(C(=O)NCCOCCCOC)cc21. The predicted octanol–water partition coefficient (Wildman–Crippen LogP) is 4.06. The third kappa shape index (κ3) is 7.56. The van der Waals surface area contributed by atoms with Gasteiger partial charge in [0.05, 0.1) is 13.2 Å². The number of carbonyl (C=O) groups excluding carboxylic acids is 2. The van der Waals surface area contributed by atoms with Crippen LogP contribution in [0.2, 0.25) is 0 Å². The van der Waals surface area contributed by atoms with Crippen LogP contribution in [0.3, 0.4) is 0 Å². The Hall–Kier alpha value is -2.39. The van der Waals surface area contributed by atoms with Crippen LogP contribution >= 0.6 is 12.5 Å². The molecule has 2 N–H and O–H groups in total. The van der Waals surface area contributed by atoms with E-state index in [2.05, 4.69) is 17.6 Å². The lowest BCUT2D eigenvalue weighted by Crippen LogP contribution is -2.27. The van der Waals surface area contributed by atoms with Crippen LogP contribution in [0.15, 0.2) is 36.4 Å². The molecule has 1 aliphatic carbocycles. The minimum atomic E-state index is -0.155. The van der Waals surface area contributed by atoms with Gasteiger partial charge in [0, 0.05) is 62.8 Å². The second kappa shape index (κ2) is 15.0. The smallest absolute Gasteiger partial charge is 0.251 e. The van der Waals surface area contributed by atoms with E-state index in [1.54, 1.807) is 7.11 Å². The minimum Gasteiger partial charge on any atom is -0.385 e. The van der Waals surface area contributed by atoms with E-state index in [-0.39, 0.29) is 17.7 Å². The Morgan fingerprint density at radius 1 is 0.861 bits per heavy atom. The summed E-state index contributed by atoms with van der Waals surface area (Å²) in [6.45, 7) is 5.90. The molecule has 1 unspecified atom stereocenters. The van der Waals surface area contributed by atoms with Crippen molar-refractivity contribution in [3.8, 4) is 11.1 Å². The van der Waals surface area contributed by atoms with E-state index in [0.717, 1.165) is 54.0 Å². The fourth-order valence-electron chi connectivity index (χ4n) is 4.26. The predicted molar refractivity (Wildman–Crippen MR) is 145 cm³/mol. The molecule has 36 heavy (non-hydrogen) atoms. The third-order valence-electron chi connectivity index (χ3n) is 6.18. The quantitative estimate of drug-likeness (QED) is 0.219. The van der Waals surface area contributed by atoms with Crippen molar-refractivity contribution in [1.29, 1.82) is 1.12 Å². The van der Waals surface area contributed by atoms with Crippen LogP contribution in [-0.4, -0.2) is 71.9 Å². The highest BCUT2D eigenvalue weighted by Gasteiger charge is 2.29. The van der Waals surface area contributed by atoms with Gasteiger partial charge in [0.1, 0.15) is 1.12 Å². The molecule has 0 aromatic heterocycles. The summed E-state index contributed by atoms with van der Waals surface area (Å²) in [7, 11) is 1.66. The number of benzene rings is 2. The molecule has 1 aliphatic rings. The highest BCUT2D eigenvalue weighted by atomic mass is 32.1. The molecule has 0 saturated carbocycles. The van der Waals surface area contributed by atoms with Crippen LogP contribution in [0.1, 0.15) is 63.9 Å². The monoisotopic (exact) mass is 515 g/mol. The van der Waals surface area contributed by atoms with Crippen molar-refractivity contribution < 1.29 is 23.8 Å². The van der Waals surface area contributed by atoms with Gasteiger partial charge < -0.3 is 24.8 Å². The van der Waals surface area contributed by atoms with Gasteiger partial charge in [-0.3, -0.25) is 9.59 Å². The second-order valence-corrected chi connectivity index (χ2v) is 9.09. The maximum Gasteiger partial charge on any atom is 0.251 e. The Balaban J connectivity index is 1.63. The molecule has 8 heteroatoms. The molecule has 196 valence electrons. The number of hydrogen-bond donors (Lipinski definition) is 3. The van der Waals surface area contributed by atoms with Crippen LogP contribution in [0.4, 0.5) is 0 Å². The van der Waals surface area contributed by atoms with Crippen LogP contribution < -0.4 is 10.6 Å². The zero-order valence-electron chi connectivity index (χ0n) is 22.3. The molecule has 2 amide bonds. The van der Waals surface area contributed by atoms with Gasteiger partial charge in [0.2, 0.25) is 0 Å². The zero-order chi connectivity index (χ0) is 26.5. The minimum absolute atomic E-state index is 0.0607. The fraction of sp³-hybridized carbons (Fsp3) is 0.500. The number of nitrogens with one attached hydrogen (secondary N) is 2. The number of rotatable bonds is 17. The molecule has 2 aromatic carbocycles. The van der Waals surface area contributed by atoms with Crippen molar-refractivity contribution >= 4 is 24.3 Å². The summed E-state index contributed by atoms with van der Waals surface area (Å²) >= 11 is 1.01. The number of ether oxygens (including phenoxy) is 3. The summed E-state index contributed by atoms with van der Waals surface area (Å²) < 4.78 is 23.8. The van der Waals surface area contributed by atoms with Crippen molar-refractivity contribution in [2.45, 2.75) is 32.1 Å². The molecular formula is C28H38N2O5S. The summed E-state index contributed by atoms with van der Waals surface area (Å²) in [6.07, 6.45) is 2.92. The van der Waals surface area contributed by atoms with Crippen molar-refractivity contribution in [2.24, 2.45) is 0 Å². The highest BCUT2D eigenvalue weighted by molar-refractivity contribution is 7.80. The number of carbonyl (C=O) groups is 2. The van der Waals surface area contributed by atoms with E-state index < -0.39 is 0 Å². The Morgan fingerprint density at radius 2 is 1.42 bits per heavy atom. The Kier molecular flexibility index (Phi) is 11.1. The maximum atomic E-state index is 12.8. The Labute approximate surface area is 220 Å². The summed E-state index contributed by atoms with van der Waals surface area (Å²) in [5.41, 5.74) is 5.28. The van der Waals surface area contributed by atoms with Gasteiger partial charge in [0.15, 0.2) is 0 Å². The van der Waals surface area contributed by atoms with E-state index in [1.165, 1.54) is 0 Å². The van der Waals surface area contributed by atoms with Crippen molar-refractivity contribution in [3.05, 3.63) is 58.7 Å². The summed E-state index contributed by atoms with van der Waals surface area (Å²) in [5.74, 6) is 0.184. The van der Waals surface area contributed by atoms with Gasteiger partial charge in [-0.2, -0.15) is 12.5 Å². The maximum absolute atomic E-state index is 12.8. The van der Waals surface area contributed by atoms with Gasteiger partial charge in [0.25, 0.3) is 11.8 Å². The fourth-order valence-corrected chi connectivity index (χ4v) is 4.61. The molecular weight excluding hydrogens is 476 g/mol. The number of hydrogen-bond acceptors (Lipinski definition) is 6. The summed E-state index contributed by atoms with van der Waals surface area (Å²) in [5, 5.41) is 5.83. The lowest BCUT2D eigenvalue weighted by atomic mass is 9.96. The highest BCUT2D eigenvalue weighted by Crippen LogP contribution is 2.45. The number of amides is 2. The molecule has 1 atom stereocenters. The normalized spacial score (nSPS) is 14.2. The van der Waals surface area contributed by atoms with Gasteiger partial charge in [-0.25, -0.2) is 0 Å². The molecule has 0 radical (unpaired) electrons. The standard InChI is InChI=1S/C28H38N2O5S/c1-3-4-13-34-15-10-29-27(31)20-6-8-22-23-9-7-21(18-25(23)26(19-36)24(22)17-20)28(32)30-11-16-35-14-5-12-33-2/h6-9,17-18,26,36H,3-5,10-16,19H2,1-2H3,(H,29,31)(H,30,32)/i/hD. The van der Waals surface area contributed by atoms with Crippen LogP contribution in [0.25, 0.3) is 11.1 Å². The lowest BCUT2D eigenvalue weighted by molar-refractivity contribution is 0.0877. The van der Waals surface area contributed by atoms with Crippen LogP contribution in [0, 0.1) is 0 Å². The van der Waals surface area contributed by atoms with E-state index in [1.807, 2.05) is 36.4 Å². The molecule has 0 spiro atoms. The Bertz CT molecular complexity index is 1040. The number of thiol groups is 1. The van der Waals surface area contributed by atoms with E-state index in [0.29, 0.717) is 63.0 Å². The van der Waals surface area contributed by atoms with E-state index in [9.17, 15) is 9.59 Å². The molecule has 0 fully saturated rings. The molecule has 0 saturated heterocycles. The van der Waals surface area contributed by atoms with E-state index in [4.69, 9.17) is 15.3 Å². The van der Waals surface area contributed by atoms with Crippen LogP contribution in [0.5, 0.6) is 0 Å². The zero-order valence-corrected chi connectivity index (χ0v) is 22.1. The van der Waals surface area contributed by atoms with Gasteiger partial charge in [-0.15, -0.1) is 0 Å². The van der Waals surface area contributed by atoms with Gasteiger partial charge >= 0.3 is 0 Å². The number of unbranched alkanes of at least 4 members (excludes halogenated alkanes) is 1. The molecule has 0 aliphatic heterocycles. The summed E-state index contributed by atoms with van der Waals surface area (Å²) in [4.78, 5) is 25.5. The number of fused-ring (bicyclic) bond motifs is 3. The molecule has 0 bridgehead atoms. The second-order valence-electron chi connectivity index (χ2n) is 8.76. The van der Waals surface area contributed by atoms with Crippen molar-refractivity contribution in [2.75, 3.05) is 59.0 Å². The average molecular weight is 516 g/mol. The number of methoxy groups -OCH3 is 1. The van der Waals surface area contributed by atoms with Gasteiger partial charge in [-0.05, 0) is 59.4 Å². The van der Waals surface area contributed by atoms with Gasteiger partial charge in [-0.1, -0.05) is 25.5 Å². The average Bonchev–Trinajstić information content (AvgIpc) is 3.22. The first kappa shape index (κ1) is 26.7. The Morgan fingerprint density at radius 3 is 1.92 bits per heavy atom. The van der Waals surface area contributed by atoms with Crippen LogP contribution in [-0.2, 0) is 14.2 Å². The third-order valence-corrected chi connectivity index (χ3v) is 6.51. The largest absolute Gasteiger partial charge is 0.385 e. The van der Waals surface area contributed by atoms with Crippen molar-refractivity contribution in [3.63, 3.8) is 0 Å². The first-order valence-electron chi connectivity index (χ1n) is 13.1. The summed E-state index contributed by atoms with van der Waals surface area (Å²) in [6, 6.07) is 11.4. The first-order valence-corrected chi connectivity index (χ1v) is 13.3. The molecule has 7 nitrogen and oxygen atoms in total. The molecule has 2 aromatic rings. The molecule has 3 rings (SSSR count). The molecule has 0 heterocycles. The lowest BCUT2D eigenvalue weighted by Gasteiger charge is -2.13. The van der Waals surface area contributed by atoms with Crippen molar-refractivity contribution in [1.82, 2.24) is 10.6 Å². The van der Waals surface area contributed by atoms with E-state index >= 15 is 0 Å².